The molecule has 0 aliphatic rings. The van der Waals surface area contributed by atoms with Gasteiger partial charge >= 0.3 is 5.97 Å². The molecule has 0 aliphatic carbocycles. The maximum Gasteiger partial charge on any atom is 0.303 e. The number of nitrogens with one attached hydrogen (secondary N) is 2. The summed E-state index contributed by atoms with van der Waals surface area (Å²) in [7, 11) is 0. The molecule has 0 amide bonds. The molecule has 0 aliphatic heterocycles. The van der Waals surface area contributed by atoms with Crippen LogP contribution in [-0.4, -0.2) is 34.7 Å². The molecular weight excluding hydrogens is 308 g/mol. The largest absolute Gasteiger partial charge is 0.481 e. The molecule has 0 spiro atoms. The van der Waals surface area contributed by atoms with E-state index in [0.29, 0.717) is 11.1 Å². The van der Waals surface area contributed by atoms with E-state index in [9.17, 15) is 14.4 Å². The molecular formula is C18H30N2O4. The van der Waals surface area contributed by atoms with Gasteiger partial charge in [-0.15, -0.1) is 0 Å². The van der Waals surface area contributed by atoms with Crippen LogP contribution in [0.2, 0.25) is 0 Å². The van der Waals surface area contributed by atoms with Crippen LogP contribution in [0.1, 0.15) is 61.3 Å². The van der Waals surface area contributed by atoms with E-state index in [4.69, 9.17) is 5.11 Å². The van der Waals surface area contributed by atoms with E-state index in [-0.39, 0.29) is 36.5 Å². The highest BCUT2D eigenvalue weighted by atomic mass is 16.4. The van der Waals surface area contributed by atoms with E-state index in [1.54, 1.807) is 20.8 Å². The molecule has 0 aromatic carbocycles. The van der Waals surface area contributed by atoms with E-state index in [1.165, 1.54) is 6.92 Å². The molecule has 2 atom stereocenters. The molecule has 136 valence electrons. The second-order valence-corrected chi connectivity index (χ2v) is 6.24. The second-order valence-electron chi connectivity index (χ2n) is 6.24. The van der Waals surface area contributed by atoms with Crippen molar-refractivity contribution in [1.82, 2.24) is 10.6 Å². The summed E-state index contributed by atoms with van der Waals surface area (Å²) in [6, 6.07) is 0.0538. The Bertz CT molecular complexity index is 561. The SMILES string of the molecule is CC(=O)/C(C)=C(/C)NC(C)C(C)N/C(C)=C(/C)C(=O)CCC(=O)O. The Kier molecular flexibility index (Phi) is 9.03. The van der Waals surface area contributed by atoms with Gasteiger partial charge in [-0.3, -0.25) is 14.4 Å². The molecule has 0 bridgehead atoms. The van der Waals surface area contributed by atoms with Crippen LogP contribution < -0.4 is 10.6 Å². The molecule has 0 saturated carbocycles. The Morgan fingerprint density at radius 1 is 0.792 bits per heavy atom. The number of Topliss-reactive ketones (excluding diaryl/α,β-unsaturated/α-hetero) is 2. The van der Waals surface area contributed by atoms with Crippen molar-refractivity contribution in [3.05, 3.63) is 22.5 Å². The highest BCUT2D eigenvalue weighted by Gasteiger charge is 2.16. The van der Waals surface area contributed by atoms with E-state index in [0.717, 1.165) is 11.4 Å². The quantitative estimate of drug-likeness (QED) is 0.530. The molecule has 0 rings (SSSR count). The molecule has 0 aromatic rings. The van der Waals surface area contributed by atoms with Crippen LogP contribution in [0.25, 0.3) is 0 Å². The number of hydrogen-bond donors (Lipinski definition) is 3. The third-order valence-electron chi connectivity index (χ3n) is 4.28. The van der Waals surface area contributed by atoms with Gasteiger partial charge in [-0.25, -0.2) is 0 Å². The Balaban J connectivity index is 4.83. The predicted octanol–water partition coefficient (Wildman–Crippen LogP) is 2.55. The Hall–Kier alpha value is -2.11. The minimum Gasteiger partial charge on any atom is -0.481 e. The van der Waals surface area contributed by atoms with E-state index in [1.807, 2.05) is 20.8 Å². The summed E-state index contributed by atoms with van der Waals surface area (Å²) in [5, 5.41) is 15.2. The number of aliphatic carboxylic acids is 1. The van der Waals surface area contributed by atoms with E-state index < -0.39 is 5.97 Å². The minimum atomic E-state index is -0.976. The van der Waals surface area contributed by atoms with Crippen molar-refractivity contribution < 1.29 is 19.5 Å². The van der Waals surface area contributed by atoms with Gasteiger partial charge < -0.3 is 15.7 Å². The number of hydrogen-bond acceptors (Lipinski definition) is 5. The number of allylic oxidation sites excluding steroid dienone is 4. The molecule has 24 heavy (non-hydrogen) atoms. The molecule has 2 unspecified atom stereocenters. The van der Waals surface area contributed by atoms with Crippen LogP contribution in [0.4, 0.5) is 0 Å². The highest BCUT2D eigenvalue weighted by molar-refractivity contribution is 5.96. The molecule has 0 fully saturated rings. The van der Waals surface area contributed by atoms with Crippen molar-refractivity contribution in [3.8, 4) is 0 Å². The first kappa shape index (κ1) is 21.9. The summed E-state index contributed by atoms with van der Waals surface area (Å²) >= 11 is 0. The molecule has 6 nitrogen and oxygen atoms in total. The molecule has 0 saturated heterocycles. The average molecular weight is 338 g/mol. The topological polar surface area (TPSA) is 95.5 Å². The van der Waals surface area contributed by atoms with Gasteiger partial charge in [0.15, 0.2) is 11.6 Å². The zero-order chi connectivity index (χ0) is 19.0. The Morgan fingerprint density at radius 3 is 1.58 bits per heavy atom. The number of carboxylic acid groups (broad SMARTS) is 1. The summed E-state index contributed by atoms with van der Waals surface area (Å²) in [6.07, 6.45) is -0.159. The highest BCUT2D eigenvalue weighted by Crippen LogP contribution is 2.09. The fourth-order valence-corrected chi connectivity index (χ4v) is 2.03. The molecule has 3 N–H and O–H groups in total. The Labute approximate surface area is 144 Å². The number of carbonyl (C=O) groups is 3. The van der Waals surface area contributed by atoms with Crippen molar-refractivity contribution in [2.24, 2.45) is 0 Å². The van der Waals surface area contributed by atoms with Gasteiger partial charge in [-0.2, -0.15) is 0 Å². The average Bonchev–Trinajstić information content (AvgIpc) is 2.50. The lowest BCUT2D eigenvalue weighted by Gasteiger charge is -2.26. The van der Waals surface area contributed by atoms with Crippen molar-refractivity contribution >= 4 is 17.5 Å². The second kappa shape index (κ2) is 9.90. The normalized spacial score (nSPS) is 15.6. The van der Waals surface area contributed by atoms with Crippen molar-refractivity contribution in [1.29, 1.82) is 0 Å². The van der Waals surface area contributed by atoms with Crippen molar-refractivity contribution in [2.45, 2.75) is 73.4 Å². The fraction of sp³-hybridized carbons (Fsp3) is 0.611. The first-order valence-electron chi connectivity index (χ1n) is 8.11. The lowest BCUT2D eigenvalue weighted by Crippen LogP contribution is -2.43. The van der Waals surface area contributed by atoms with Crippen LogP contribution in [0.3, 0.4) is 0 Å². The molecule has 6 heteroatoms. The van der Waals surface area contributed by atoms with Gasteiger partial charge in [0.25, 0.3) is 0 Å². The molecule has 0 heterocycles. The van der Waals surface area contributed by atoms with Crippen LogP contribution in [0, 0.1) is 0 Å². The van der Waals surface area contributed by atoms with Gasteiger partial charge in [-0.05, 0) is 48.5 Å². The lowest BCUT2D eigenvalue weighted by atomic mass is 10.0. The van der Waals surface area contributed by atoms with Crippen molar-refractivity contribution in [2.75, 3.05) is 0 Å². The summed E-state index contributed by atoms with van der Waals surface area (Å²) in [6.45, 7) is 12.7. The monoisotopic (exact) mass is 338 g/mol. The summed E-state index contributed by atoms with van der Waals surface area (Å²) in [5.41, 5.74) is 2.81. The third-order valence-corrected chi connectivity index (χ3v) is 4.28. The molecule has 0 aromatic heterocycles. The summed E-state index contributed by atoms with van der Waals surface area (Å²) in [5.74, 6) is -1.11. The van der Waals surface area contributed by atoms with Gasteiger partial charge in [0.1, 0.15) is 0 Å². The maximum absolute atomic E-state index is 12.0. The smallest absolute Gasteiger partial charge is 0.303 e. The fourth-order valence-electron chi connectivity index (χ4n) is 2.03. The standard InChI is InChI=1S/C18H30N2O4/c1-10(16(7)21)12(3)19-14(5)15(6)20-13(4)11(2)17(22)8-9-18(23)24/h14-15,19-20H,8-9H2,1-7H3,(H,23,24)/b12-10-,13-11-. The first-order valence-corrected chi connectivity index (χ1v) is 8.11. The van der Waals surface area contributed by atoms with Crippen LogP contribution in [0.5, 0.6) is 0 Å². The zero-order valence-corrected chi connectivity index (χ0v) is 15.7. The zero-order valence-electron chi connectivity index (χ0n) is 15.7. The number of rotatable bonds is 10. The maximum atomic E-state index is 12.0. The first-order chi connectivity index (χ1) is 11.0. The number of carbonyl (C=O) groups excluding carboxylic acids is 2. The van der Waals surface area contributed by atoms with E-state index in [2.05, 4.69) is 10.6 Å². The predicted molar refractivity (Wildman–Crippen MR) is 94.5 cm³/mol. The minimum absolute atomic E-state index is 0.00201. The summed E-state index contributed by atoms with van der Waals surface area (Å²) < 4.78 is 0. The third kappa shape index (κ3) is 7.44. The van der Waals surface area contributed by atoms with Crippen LogP contribution >= 0.6 is 0 Å². The van der Waals surface area contributed by atoms with Gasteiger partial charge in [0.2, 0.25) is 0 Å². The van der Waals surface area contributed by atoms with Crippen molar-refractivity contribution in [3.63, 3.8) is 0 Å². The Morgan fingerprint density at radius 2 is 1.21 bits per heavy atom. The van der Waals surface area contributed by atoms with Crippen LogP contribution in [0.15, 0.2) is 22.5 Å². The van der Waals surface area contributed by atoms with E-state index >= 15 is 0 Å². The van der Waals surface area contributed by atoms with Gasteiger partial charge in [-0.1, -0.05) is 0 Å². The lowest BCUT2D eigenvalue weighted by molar-refractivity contribution is -0.138. The van der Waals surface area contributed by atoms with Gasteiger partial charge in [0, 0.05) is 41.0 Å². The number of ketones is 2. The molecule has 0 radical (unpaired) electrons. The van der Waals surface area contributed by atoms with Gasteiger partial charge in [0.05, 0.1) is 6.42 Å². The van der Waals surface area contributed by atoms with Crippen LogP contribution in [-0.2, 0) is 14.4 Å². The number of carboxylic acids is 1. The summed E-state index contributed by atoms with van der Waals surface area (Å²) in [4.78, 5) is 33.9.